The van der Waals surface area contributed by atoms with Crippen molar-refractivity contribution in [3.8, 4) is 0 Å². The van der Waals surface area contributed by atoms with Crippen LogP contribution in [0, 0.1) is 0 Å². The molecule has 0 aliphatic carbocycles. The molecule has 2 atom stereocenters. The average Bonchev–Trinajstić information content (AvgIpc) is 2.96. The van der Waals surface area contributed by atoms with Gasteiger partial charge in [0, 0.05) is 25.4 Å². The van der Waals surface area contributed by atoms with Gasteiger partial charge in [0.05, 0.1) is 12.2 Å². The fraction of sp³-hybridized carbons (Fsp3) is 0.909. The largest absolute Gasteiger partial charge is 0.454 e. The second-order valence-corrected chi connectivity index (χ2v) is 4.48. The van der Waals surface area contributed by atoms with E-state index in [1.807, 2.05) is 0 Å². The number of hydrogen-bond acceptors (Lipinski definition) is 5. The Bertz CT molecular complexity index is 200. The molecule has 0 N–H and O–H groups in total. The Morgan fingerprint density at radius 2 is 1.50 bits per heavy atom. The van der Waals surface area contributed by atoms with Crippen LogP contribution in [0.1, 0.15) is 25.7 Å². The highest BCUT2D eigenvalue weighted by atomic mass is 32.1. The van der Waals surface area contributed by atoms with Crippen LogP contribution in [-0.4, -0.2) is 43.9 Å². The summed E-state index contributed by atoms with van der Waals surface area (Å²) in [5.41, 5.74) is 0. The van der Waals surface area contributed by atoms with E-state index < -0.39 is 0 Å². The minimum atomic E-state index is 0.185. The van der Waals surface area contributed by atoms with Crippen molar-refractivity contribution in [2.24, 2.45) is 0 Å². The molecule has 0 aromatic heterocycles. The monoisotopic (exact) mass is 246 g/mol. The molecule has 0 spiro atoms. The zero-order valence-corrected chi connectivity index (χ0v) is 10.2. The maximum absolute atomic E-state index is 5.42. The van der Waals surface area contributed by atoms with E-state index in [0.717, 1.165) is 38.9 Å². The van der Waals surface area contributed by atoms with Gasteiger partial charge in [-0.2, -0.15) is 0 Å². The van der Waals surface area contributed by atoms with Crippen molar-refractivity contribution in [1.29, 1.82) is 0 Å². The van der Waals surface area contributed by atoms with Gasteiger partial charge in [0.2, 0.25) is 0 Å². The summed E-state index contributed by atoms with van der Waals surface area (Å²) in [4.78, 5) is 0. The van der Waals surface area contributed by atoms with Crippen LogP contribution in [0.25, 0.3) is 0 Å². The van der Waals surface area contributed by atoms with E-state index in [2.05, 4.69) is 0 Å². The van der Waals surface area contributed by atoms with Crippen LogP contribution in [0.5, 0.6) is 0 Å². The highest BCUT2D eigenvalue weighted by Gasteiger charge is 2.19. The maximum Gasteiger partial charge on any atom is 0.352 e. The summed E-state index contributed by atoms with van der Waals surface area (Å²) in [5.74, 6) is 0. The molecule has 0 bridgehead atoms. The summed E-state index contributed by atoms with van der Waals surface area (Å²) < 4.78 is 21.5. The molecule has 5 heteroatoms. The molecule has 2 aliphatic rings. The van der Waals surface area contributed by atoms with Crippen LogP contribution < -0.4 is 0 Å². The quantitative estimate of drug-likeness (QED) is 0.705. The van der Waals surface area contributed by atoms with Crippen molar-refractivity contribution < 1.29 is 18.9 Å². The first-order valence-corrected chi connectivity index (χ1v) is 6.28. The van der Waals surface area contributed by atoms with E-state index in [4.69, 9.17) is 31.2 Å². The minimum Gasteiger partial charge on any atom is -0.454 e. The molecule has 2 heterocycles. The topological polar surface area (TPSA) is 36.9 Å². The molecular weight excluding hydrogens is 228 g/mol. The normalized spacial score (nSPS) is 29.2. The van der Waals surface area contributed by atoms with Gasteiger partial charge in [-0.15, -0.1) is 0 Å². The zero-order chi connectivity index (χ0) is 11.2. The summed E-state index contributed by atoms with van der Waals surface area (Å²) in [7, 11) is 0. The second kappa shape index (κ2) is 6.37. The Hall–Kier alpha value is -0.390. The molecule has 0 aromatic carbocycles. The van der Waals surface area contributed by atoms with Crippen LogP contribution in [0.2, 0.25) is 0 Å². The molecule has 4 nitrogen and oxygen atoms in total. The molecule has 2 aliphatic heterocycles. The maximum atomic E-state index is 5.42. The molecule has 2 fully saturated rings. The predicted octanol–water partition coefficient (Wildman–Crippen LogP) is 1.66. The van der Waals surface area contributed by atoms with Crippen LogP contribution in [0.3, 0.4) is 0 Å². The van der Waals surface area contributed by atoms with Gasteiger partial charge in [0.15, 0.2) is 0 Å². The van der Waals surface area contributed by atoms with Crippen LogP contribution in [0.4, 0.5) is 0 Å². The van der Waals surface area contributed by atoms with E-state index in [9.17, 15) is 0 Å². The Kier molecular flexibility index (Phi) is 4.81. The lowest BCUT2D eigenvalue weighted by Gasteiger charge is -2.14. The number of rotatable bonds is 4. The van der Waals surface area contributed by atoms with E-state index in [0.29, 0.717) is 13.2 Å². The molecule has 2 unspecified atom stereocenters. The van der Waals surface area contributed by atoms with Crippen molar-refractivity contribution >= 4 is 17.5 Å². The molecule has 16 heavy (non-hydrogen) atoms. The Labute approximate surface area is 101 Å². The number of hydrogen-bond donors (Lipinski definition) is 0. The summed E-state index contributed by atoms with van der Waals surface area (Å²) >= 11 is 4.97. The lowest BCUT2D eigenvalue weighted by molar-refractivity contribution is 0.0281. The SMILES string of the molecule is S=C(OCC1CCCO1)OCC1CCCO1. The van der Waals surface area contributed by atoms with Crippen molar-refractivity contribution in [2.45, 2.75) is 37.9 Å². The molecule has 92 valence electrons. The highest BCUT2D eigenvalue weighted by Crippen LogP contribution is 2.14. The lowest BCUT2D eigenvalue weighted by Crippen LogP contribution is -2.22. The standard InChI is InChI=1S/C11H18O4S/c16-11(14-7-9-3-1-5-12-9)15-8-10-4-2-6-13-10/h9-10H,1-8H2. The molecule has 0 amide bonds. The second-order valence-electron chi connectivity index (χ2n) is 4.14. The Balaban J connectivity index is 1.53. The van der Waals surface area contributed by atoms with Crippen LogP contribution in [-0.2, 0) is 18.9 Å². The lowest BCUT2D eigenvalue weighted by atomic mass is 10.2. The van der Waals surface area contributed by atoms with Crippen molar-refractivity contribution in [2.75, 3.05) is 26.4 Å². The number of thiocarbonyl (C=S) groups is 1. The molecule has 0 radical (unpaired) electrons. The first kappa shape index (κ1) is 12.1. The van der Waals surface area contributed by atoms with E-state index in [-0.39, 0.29) is 17.4 Å². The smallest absolute Gasteiger partial charge is 0.352 e. The first-order valence-electron chi connectivity index (χ1n) is 5.87. The molecule has 2 rings (SSSR count). The van der Waals surface area contributed by atoms with Gasteiger partial charge in [-0.25, -0.2) is 0 Å². The van der Waals surface area contributed by atoms with E-state index in [1.54, 1.807) is 0 Å². The average molecular weight is 246 g/mol. The Morgan fingerprint density at radius 3 is 1.88 bits per heavy atom. The van der Waals surface area contributed by atoms with Gasteiger partial charge in [-0.3, -0.25) is 0 Å². The summed E-state index contributed by atoms with van der Waals surface area (Å²) in [6, 6.07) is 0. The van der Waals surface area contributed by atoms with Crippen molar-refractivity contribution in [3.63, 3.8) is 0 Å². The summed E-state index contributed by atoms with van der Waals surface area (Å²) in [5, 5.41) is 0.214. The summed E-state index contributed by atoms with van der Waals surface area (Å²) in [6.07, 6.45) is 4.69. The van der Waals surface area contributed by atoms with Gasteiger partial charge in [-0.05, 0) is 25.7 Å². The van der Waals surface area contributed by atoms with Crippen molar-refractivity contribution in [1.82, 2.24) is 0 Å². The molecule has 2 saturated heterocycles. The van der Waals surface area contributed by atoms with Gasteiger partial charge < -0.3 is 18.9 Å². The van der Waals surface area contributed by atoms with E-state index in [1.165, 1.54) is 0 Å². The third-order valence-corrected chi connectivity index (χ3v) is 3.06. The van der Waals surface area contributed by atoms with Crippen LogP contribution in [0.15, 0.2) is 0 Å². The van der Waals surface area contributed by atoms with Gasteiger partial charge >= 0.3 is 5.24 Å². The number of ether oxygens (including phenoxy) is 4. The van der Waals surface area contributed by atoms with Gasteiger partial charge in [-0.1, -0.05) is 0 Å². The molecule has 0 aromatic rings. The Morgan fingerprint density at radius 1 is 1.00 bits per heavy atom. The van der Waals surface area contributed by atoms with E-state index >= 15 is 0 Å². The van der Waals surface area contributed by atoms with Crippen molar-refractivity contribution in [3.05, 3.63) is 0 Å². The molecule has 0 saturated carbocycles. The van der Waals surface area contributed by atoms with Gasteiger partial charge in [0.1, 0.15) is 13.2 Å². The fourth-order valence-electron chi connectivity index (χ4n) is 1.92. The van der Waals surface area contributed by atoms with Crippen LogP contribution >= 0.6 is 12.2 Å². The zero-order valence-electron chi connectivity index (χ0n) is 9.35. The third kappa shape index (κ3) is 3.88. The first-order chi connectivity index (χ1) is 7.84. The highest BCUT2D eigenvalue weighted by molar-refractivity contribution is 7.79. The fourth-order valence-corrected chi connectivity index (χ4v) is 2.05. The predicted molar refractivity (Wildman–Crippen MR) is 62.5 cm³/mol. The van der Waals surface area contributed by atoms with Gasteiger partial charge in [0.25, 0.3) is 0 Å². The third-order valence-electron chi connectivity index (χ3n) is 2.82. The molecular formula is C11H18O4S. The minimum absolute atomic E-state index is 0.185. The summed E-state index contributed by atoms with van der Waals surface area (Å²) in [6.45, 7) is 2.67.